The lowest BCUT2D eigenvalue weighted by Gasteiger charge is -2.26. The van der Waals surface area contributed by atoms with E-state index in [9.17, 15) is 9.90 Å². The van der Waals surface area contributed by atoms with E-state index in [1.807, 2.05) is 55.5 Å². The van der Waals surface area contributed by atoms with Gasteiger partial charge in [-0.2, -0.15) is 0 Å². The van der Waals surface area contributed by atoms with Gasteiger partial charge in [0.25, 0.3) is 0 Å². The number of carbonyl (C=O) groups is 1. The fourth-order valence-corrected chi connectivity index (χ4v) is 3.10. The first-order valence-corrected chi connectivity index (χ1v) is 10.7. The van der Waals surface area contributed by atoms with Crippen molar-refractivity contribution in [1.29, 1.82) is 0 Å². The highest BCUT2D eigenvalue weighted by atomic mass is 35.5. The maximum atomic E-state index is 11.1. The molecule has 0 fully saturated rings. The van der Waals surface area contributed by atoms with E-state index >= 15 is 0 Å². The summed E-state index contributed by atoms with van der Waals surface area (Å²) in [6.07, 6.45) is -0.253. The zero-order valence-electron chi connectivity index (χ0n) is 18.1. The second kappa shape index (κ2) is 11.2. The van der Waals surface area contributed by atoms with Gasteiger partial charge < -0.3 is 19.3 Å². The zero-order valence-corrected chi connectivity index (χ0v) is 18.8. The minimum absolute atomic E-state index is 0.182. The largest absolute Gasteiger partial charge is 0.491 e. The Labute approximate surface area is 183 Å². The van der Waals surface area contributed by atoms with Gasteiger partial charge in [-0.3, -0.25) is 4.79 Å². The number of benzene rings is 2. The molecule has 0 aliphatic carbocycles. The van der Waals surface area contributed by atoms with Crippen molar-refractivity contribution in [2.45, 2.75) is 51.7 Å². The molecule has 1 N–H and O–H groups in total. The fourth-order valence-electron chi connectivity index (χ4n) is 2.95. The van der Waals surface area contributed by atoms with Crippen molar-refractivity contribution in [2.24, 2.45) is 0 Å². The fraction of sp³-hybridized carbons (Fsp3) is 0.458. The SMILES string of the molecule is CC[C@@H](O)COc1ccc(C(C)(C)c2ccc(OC[C@@H](CCl)OC(C)=O)cc2)cc1. The van der Waals surface area contributed by atoms with E-state index in [0.29, 0.717) is 18.8 Å². The van der Waals surface area contributed by atoms with Gasteiger partial charge in [-0.05, 0) is 41.8 Å². The molecule has 0 heterocycles. The smallest absolute Gasteiger partial charge is 0.303 e. The molecule has 6 heteroatoms. The molecule has 2 aromatic carbocycles. The highest BCUT2D eigenvalue weighted by Gasteiger charge is 2.23. The summed E-state index contributed by atoms with van der Waals surface area (Å²) in [5.41, 5.74) is 2.08. The molecule has 0 aromatic heterocycles. The molecule has 0 spiro atoms. The molecule has 0 saturated carbocycles. The van der Waals surface area contributed by atoms with Crippen LogP contribution in [0.25, 0.3) is 0 Å². The van der Waals surface area contributed by atoms with Gasteiger partial charge >= 0.3 is 5.97 Å². The average Bonchev–Trinajstić information content (AvgIpc) is 2.75. The van der Waals surface area contributed by atoms with Crippen LogP contribution in [0.4, 0.5) is 0 Å². The van der Waals surface area contributed by atoms with Crippen LogP contribution in [0.3, 0.4) is 0 Å². The summed E-state index contributed by atoms with van der Waals surface area (Å²) in [6.45, 7) is 8.09. The van der Waals surface area contributed by atoms with Crippen molar-refractivity contribution in [3.8, 4) is 11.5 Å². The summed E-state index contributed by atoms with van der Waals surface area (Å²) < 4.78 is 16.4. The number of hydrogen-bond acceptors (Lipinski definition) is 5. The molecular formula is C24H31ClO5. The molecule has 0 radical (unpaired) electrons. The van der Waals surface area contributed by atoms with Crippen molar-refractivity contribution in [2.75, 3.05) is 19.1 Å². The van der Waals surface area contributed by atoms with Gasteiger partial charge in [0.2, 0.25) is 0 Å². The van der Waals surface area contributed by atoms with Crippen LogP contribution in [0.5, 0.6) is 11.5 Å². The molecule has 0 saturated heterocycles. The highest BCUT2D eigenvalue weighted by molar-refractivity contribution is 6.18. The first-order chi connectivity index (χ1) is 14.3. The van der Waals surface area contributed by atoms with Crippen molar-refractivity contribution in [1.82, 2.24) is 0 Å². The molecular weight excluding hydrogens is 404 g/mol. The van der Waals surface area contributed by atoms with Crippen molar-refractivity contribution in [3.63, 3.8) is 0 Å². The molecule has 5 nitrogen and oxygen atoms in total. The normalized spacial score (nSPS) is 13.4. The number of carbonyl (C=O) groups excluding carboxylic acids is 1. The average molecular weight is 435 g/mol. The third-order valence-electron chi connectivity index (χ3n) is 5.01. The van der Waals surface area contributed by atoms with Gasteiger partial charge in [0, 0.05) is 12.3 Å². The van der Waals surface area contributed by atoms with E-state index in [4.69, 9.17) is 25.8 Å². The lowest BCUT2D eigenvalue weighted by molar-refractivity contribution is -0.146. The minimum atomic E-state index is -0.473. The second-order valence-corrected chi connectivity index (χ2v) is 8.05. The molecule has 0 amide bonds. The summed E-state index contributed by atoms with van der Waals surface area (Å²) in [5, 5.41) is 9.63. The maximum absolute atomic E-state index is 11.1. The predicted octanol–water partition coefficient (Wildman–Crippen LogP) is 4.71. The first kappa shape index (κ1) is 24.0. The van der Waals surface area contributed by atoms with Crippen LogP contribution >= 0.6 is 11.6 Å². The number of alkyl halides is 1. The molecule has 2 aromatic rings. The zero-order chi connectivity index (χ0) is 22.1. The van der Waals surface area contributed by atoms with E-state index in [0.717, 1.165) is 16.9 Å². The molecule has 30 heavy (non-hydrogen) atoms. The Hall–Kier alpha value is -2.24. The van der Waals surface area contributed by atoms with E-state index in [1.54, 1.807) is 0 Å². The number of esters is 1. The Bertz CT molecular complexity index is 786. The number of aliphatic hydroxyl groups is 1. The lowest BCUT2D eigenvalue weighted by atomic mass is 9.78. The quantitative estimate of drug-likeness (QED) is 0.409. The Morgan fingerprint density at radius 2 is 1.43 bits per heavy atom. The van der Waals surface area contributed by atoms with Crippen LogP contribution in [-0.4, -0.2) is 42.4 Å². The Balaban J connectivity index is 2.01. The maximum Gasteiger partial charge on any atom is 0.303 e. The summed E-state index contributed by atoms with van der Waals surface area (Å²) >= 11 is 5.81. The second-order valence-electron chi connectivity index (χ2n) is 7.74. The van der Waals surface area contributed by atoms with Gasteiger partial charge in [-0.1, -0.05) is 45.0 Å². The van der Waals surface area contributed by atoms with E-state index in [1.165, 1.54) is 6.92 Å². The molecule has 0 unspecified atom stereocenters. The van der Waals surface area contributed by atoms with Crippen LogP contribution in [0, 0.1) is 0 Å². The van der Waals surface area contributed by atoms with E-state index in [2.05, 4.69) is 13.8 Å². The van der Waals surface area contributed by atoms with E-state index in [-0.39, 0.29) is 23.9 Å². The topological polar surface area (TPSA) is 65.0 Å². The standard InChI is InChI=1S/C24H31ClO5/c1-5-20(27)15-28-21-10-6-18(7-11-21)24(3,4)19-8-12-22(13-9-19)29-16-23(14-25)30-17(2)26/h6-13,20,23,27H,5,14-16H2,1-4H3/t20-,23-/m1/s1. The van der Waals surface area contributed by atoms with Gasteiger partial charge in [0.1, 0.15) is 30.8 Å². The van der Waals surface area contributed by atoms with Crippen LogP contribution in [0.15, 0.2) is 48.5 Å². The third-order valence-corrected chi connectivity index (χ3v) is 5.35. The lowest BCUT2D eigenvalue weighted by Crippen LogP contribution is -2.25. The summed E-state index contributed by atoms with van der Waals surface area (Å²) in [6, 6.07) is 15.8. The van der Waals surface area contributed by atoms with Crippen LogP contribution < -0.4 is 9.47 Å². The summed E-state index contributed by atoms with van der Waals surface area (Å²) in [5.74, 6) is 1.24. The van der Waals surface area contributed by atoms with Gasteiger partial charge in [0.15, 0.2) is 0 Å². The Kier molecular flexibility index (Phi) is 9.00. The predicted molar refractivity (Wildman–Crippen MR) is 119 cm³/mol. The third kappa shape index (κ3) is 6.92. The van der Waals surface area contributed by atoms with Gasteiger partial charge in [-0.15, -0.1) is 11.6 Å². The number of hydrogen-bond donors (Lipinski definition) is 1. The molecule has 2 atom stereocenters. The van der Waals surface area contributed by atoms with Crippen molar-refractivity contribution < 1.29 is 24.1 Å². The number of aliphatic hydroxyl groups excluding tert-OH is 1. The van der Waals surface area contributed by atoms with Crippen LogP contribution in [-0.2, 0) is 14.9 Å². The van der Waals surface area contributed by atoms with Crippen LogP contribution in [0.1, 0.15) is 45.2 Å². The monoisotopic (exact) mass is 434 g/mol. The Morgan fingerprint density at radius 3 is 1.83 bits per heavy atom. The first-order valence-electron chi connectivity index (χ1n) is 10.1. The molecule has 0 aliphatic heterocycles. The molecule has 0 aliphatic rings. The van der Waals surface area contributed by atoms with Crippen molar-refractivity contribution >= 4 is 17.6 Å². The van der Waals surface area contributed by atoms with E-state index < -0.39 is 12.2 Å². The summed E-state index contributed by atoms with van der Waals surface area (Å²) in [7, 11) is 0. The number of ether oxygens (including phenoxy) is 3. The number of rotatable bonds is 11. The highest BCUT2D eigenvalue weighted by Crippen LogP contribution is 2.33. The molecule has 0 bridgehead atoms. The molecule has 164 valence electrons. The van der Waals surface area contributed by atoms with Gasteiger partial charge in [-0.25, -0.2) is 0 Å². The number of halogens is 1. The minimum Gasteiger partial charge on any atom is -0.491 e. The van der Waals surface area contributed by atoms with Crippen LogP contribution in [0.2, 0.25) is 0 Å². The van der Waals surface area contributed by atoms with Crippen molar-refractivity contribution in [3.05, 3.63) is 59.7 Å². The summed E-state index contributed by atoms with van der Waals surface area (Å²) in [4.78, 5) is 11.1. The van der Waals surface area contributed by atoms with Gasteiger partial charge in [0.05, 0.1) is 12.0 Å². The Morgan fingerprint density at radius 1 is 0.967 bits per heavy atom. The molecule has 2 rings (SSSR count).